The van der Waals surface area contributed by atoms with Gasteiger partial charge >= 0.3 is 18.0 Å². The lowest BCUT2D eigenvalue weighted by Crippen LogP contribution is -2.63. The number of fused-ring (bicyclic) bond motifs is 5. The SMILES string of the molecule is CC(=O)OCCCC(C)C1CCC2C3C(OC(C)=O)CC4CC(NC(=O)CCNC(=O)CCNC(=O)CCNC(=O)CCNC(=O)OC(C)(C)C)CCC4(C)C3CC(O)C12C. The van der Waals surface area contributed by atoms with Gasteiger partial charge in [0.2, 0.25) is 23.6 Å². The Kier molecular flexibility index (Phi) is 17.9. The summed E-state index contributed by atoms with van der Waals surface area (Å²) in [5, 5.41) is 25.8. The summed E-state index contributed by atoms with van der Waals surface area (Å²) in [6.45, 7) is 15.9. The average Bonchev–Trinajstić information content (AvgIpc) is 3.51. The number of carbonyl (C=O) groups excluding carboxylic acids is 7. The Morgan fingerprint density at radius 3 is 1.87 bits per heavy atom. The van der Waals surface area contributed by atoms with Crippen molar-refractivity contribution in [2.24, 2.45) is 46.3 Å². The monoisotopic (exact) mass is 862 g/mol. The summed E-state index contributed by atoms with van der Waals surface area (Å²) < 4.78 is 16.5. The van der Waals surface area contributed by atoms with E-state index in [1.165, 1.54) is 13.8 Å². The number of carbonyl (C=O) groups is 7. The third-order valence-corrected chi connectivity index (χ3v) is 14.4. The molecule has 4 saturated carbocycles. The third kappa shape index (κ3) is 13.8. The van der Waals surface area contributed by atoms with Gasteiger partial charge in [-0.1, -0.05) is 20.8 Å². The Hall–Kier alpha value is -3.95. The minimum absolute atomic E-state index is 0.0315. The van der Waals surface area contributed by atoms with Gasteiger partial charge in [0.25, 0.3) is 0 Å². The van der Waals surface area contributed by atoms with Crippen molar-refractivity contribution in [2.75, 3.05) is 32.8 Å². The van der Waals surface area contributed by atoms with Gasteiger partial charge in [-0.05, 0) is 119 Å². The average molecular weight is 862 g/mol. The number of nitrogens with one attached hydrogen (secondary N) is 5. The molecule has 61 heavy (non-hydrogen) atoms. The van der Waals surface area contributed by atoms with Crippen LogP contribution in [0.2, 0.25) is 0 Å². The third-order valence-electron chi connectivity index (χ3n) is 14.4. The first-order valence-corrected chi connectivity index (χ1v) is 22.7. The predicted molar refractivity (Wildman–Crippen MR) is 226 cm³/mol. The zero-order valence-corrected chi connectivity index (χ0v) is 38.0. The molecule has 16 nitrogen and oxygen atoms in total. The van der Waals surface area contributed by atoms with Crippen molar-refractivity contribution in [1.29, 1.82) is 0 Å². The topological polar surface area (TPSA) is 228 Å². The number of amides is 5. The molecule has 0 saturated heterocycles. The van der Waals surface area contributed by atoms with E-state index in [1.54, 1.807) is 20.8 Å². The molecule has 0 bridgehead atoms. The zero-order valence-electron chi connectivity index (χ0n) is 38.0. The first kappa shape index (κ1) is 49.7. The van der Waals surface area contributed by atoms with E-state index in [4.69, 9.17) is 14.2 Å². The Labute approximate surface area is 362 Å². The molecule has 0 aromatic carbocycles. The van der Waals surface area contributed by atoms with Gasteiger partial charge in [-0.2, -0.15) is 0 Å². The normalized spacial score (nSPS) is 30.8. The smallest absolute Gasteiger partial charge is 0.407 e. The first-order valence-electron chi connectivity index (χ1n) is 22.7. The van der Waals surface area contributed by atoms with Crippen molar-refractivity contribution in [2.45, 2.75) is 163 Å². The molecular formula is C45H75N5O11. The van der Waals surface area contributed by atoms with Crippen LogP contribution in [0.5, 0.6) is 0 Å². The van der Waals surface area contributed by atoms with Crippen LogP contribution in [-0.2, 0) is 43.0 Å². The van der Waals surface area contributed by atoms with Crippen LogP contribution in [0, 0.1) is 46.3 Å². The summed E-state index contributed by atoms with van der Waals surface area (Å²) in [5.74, 6) is -0.223. The minimum Gasteiger partial charge on any atom is -0.466 e. The number of alkyl carbamates (subject to hydrolysis) is 1. The van der Waals surface area contributed by atoms with Crippen LogP contribution in [0.4, 0.5) is 4.79 Å². The van der Waals surface area contributed by atoms with Crippen molar-refractivity contribution >= 4 is 41.7 Å². The molecule has 0 aromatic heterocycles. The fraction of sp³-hybridized carbons (Fsp3) is 0.844. The summed E-state index contributed by atoms with van der Waals surface area (Å²) in [5.41, 5.74) is -1.01. The maximum atomic E-state index is 13.1. The van der Waals surface area contributed by atoms with E-state index < -0.39 is 17.8 Å². The van der Waals surface area contributed by atoms with Crippen LogP contribution in [0.3, 0.4) is 0 Å². The molecule has 11 unspecified atom stereocenters. The number of ether oxygens (including phenoxy) is 3. The van der Waals surface area contributed by atoms with Crippen LogP contribution >= 0.6 is 0 Å². The number of aliphatic hydroxyl groups is 1. The molecule has 0 aromatic rings. The molecule has 0 aliphatic heterocycles. The van der Waals surface area contributed by atoms with Crippen LogP contribution < -0.4 is 26.6 Å². The lowest BCUT2D eigenvalue weighted by atomic mass is 9.43. The predicted octanol–water partition coefficient (Wildman–Crippen LogP) is 4.06. The highest BCUT2D eigenvalue weighted by molar-refractivity contribution is 5.81. The lowest BCUT2D eigenvalue weighted by molar-refractivity contribution is -0.213. The van der Waals surface area contributed by atoms with Crippen LogP contribution in [0.15, 0.2) is 0 Å². The van der Waals surface area contributed by atoms with E-state index in [9.17, 15) is 38.7 Å². The first-order chi connectivity index (χ1) is 28.6. The van der Waals surface area contributed by atoms with Crippen LogP contribution in [0.25, 0.3) is 0 Å². The van der Waals surface area contributed by atoms with Gasteiger partial charge in [-0.25, -0.2) is 4.79 Å². The Morgan fingerprint density at radius 1 is 0.738 bits per heavy atom. The highest BCUT2D eigenvalue weighted by atomic mass is 16.6. The molecule has 4 fully saturated rings. The molecular weight excluding hydrogens is 787 g/mol. The van der Waals surface area contributed by atoms with Gasteiger partial charge in [0, 0.05) is 77.7 Å². The lowest BCUT2D eigenvalue weighted by Gasteiger charge is -2.64. The molecule has 0 spiro atoms. The largest absolute Gasteiger partial charge is 0.466 e. The molecule has 5 amide bonds. The van der Waals surface area contributed by atoms with Gasteiger partial charge in [-0.3, -0.25) is 28.8 Å². The molecule has 4 aliphatic rings. The van der Waals surface area contributed by atoms with Gasteiger partial charge in [0.05, 0.1) is 12.7 Å². The van der Waals surface area contributed by atoms with Crippen molar-refractivity contribution in [3.63, 3.8) is 0 Å². The molecule has 4 aliphatic carbocycles. The molecule has 0 heterocycles. The van der Waals surface area contributed by atoms with Gasteiger partial charge in [-0.15, -0.1) is 0 Å². The second-order valence-electron chi connectivity index (χ2n) is 19.7. The van der Waals surface area contributed by atoms with E-state index >= 15 is 0 Å². The van der Waals surface area contributed by atoms with Gasteiger partial charge in [0.1, 0.15) is 11.7 Å². The van der Waals surface area contributed by atoms with Crippen LogP contribution in [-0.4, -0.2) is 103 Å². The van der Waals surface area contributed by atoms with Crippen molar-refractivity contribution in [3.8, 4) is 0 Å². The van der Waals surface area contributed by atoms with Crippen LogP contribution in [0.1, 0.15) is 139 Å². The zero-order chi connectivity index (χ0) is 45.1. The summed E-state index contributed by atoms with van der Waals surface area (Å²) in [6.07, 6.45) is 6.42. The van der Waals surface area contributed by atoms with Gasteiger partial charge < -0.3 is 45.9 Å². The van der Waals surface area contributed by atoms with E-state index in [1.807, 2.05) is 0 Å². The fourth-order valence-electron chi connectivity index (χ4n) is 11.5. The summed E-state index contributed by atoms with van der Waals surface area (Å²) in [7, 11) is 0. The quantitative estimate of drug-likeness (QED) is 0.0617. The Morgan fingerprint density at radius 2 is 1.31 bits per heavy atom. The number of esters is 2. The maximum Gasteiger partial charge on any atom is 0.407 e. The number of aliphatic hydroxyl groups excluding tert-OH is 1. The van der Waals surface area contributed by atoms with E-state index in [0.29, 0.717) is 24.9 Å². The maximum absolute atomic E-state index is 13.1. The summed E-state index contributed by atoms with van der Waals surface area (Å²) in [6, 6.07) is -0.0489. The highest BCUT2D eigenvalue weighted by Gasteiger charge is 2.66. The van der Waals surface area contributed by atoms with Gasteiger partial charge in [0.15, 0.2) is 0 Å². The summed E-state index contributed by atoms with van der Waals surface area (Å²) >= 11 is 0. The number of hydrogen-bond acceptors (Lipinski definition) is 11. The fourth-order valence-corrected chi connectivity index (χ4v) is 11.5. The molecule has 6 N–H and O–H groups in total. The Bertz CT molecular complexity index is 1570. The molecule has 0 radical (unpaired) electrons. The minimum atomic E-state index is -0.637. The number of rotatable bonds is 19. The molecule has 16 heteroatoms. The van der Waals surface area contributed by atoms with Crippen molar-refractivity contribution < 1.29 is 52.9 Å². The van der Waals surface area contributed by atoms with E-state index in [2.05, 4.69) is 47.4 Å². The van der Waals surface area contributed by atoms with Crippen molar-refractivity contribution in [1.82, 2.24) is 26.6 Å². The molecule has 4 rings (SSSR count). The molecule has 11 atom stereocenters. The van der Waals surface area contributed by atoms with E-state index in [-0.39, 0.29) is 134 Å². The standard InChI is InChI=1S/C45H75N5O11/c1-27(10-9-23-59-28(2)51)32-11-12-33-41-34(26-36(53)45(32,33)8)44(7)18-13-31(24-30(44)25-35(41)60-29(3)52)50-40(57)17-21-48-38(55)15-19-46-37(54)14-20-47-39(56)16-22-49-42(58)61-43(4,5)6/h27,30-36,41,53H,9-26H2,1-8H3,(H,46,54)(H,47,56)(H,48,55)(H,49,58)(H,50,57). The van der Waals surface area contributed by atoms with E-state index in [0.717, 1.165) is 51.4 Å². The van der Waals surface area contributed by atoms with Crippen molar-refractivity contribution in [3.05, 3.63) is 0 Å². The molecule has 346 valence electrons. The second kappa shape index (κ2) is 21.9. The second-order valence-corrected chi connectivity index (χ2v) is 19.7. The summed E-state index contributed by atoms with van der Waals surface area (Å²) in [4.78, 5) is 85.1. The highest BCUT2D eigenvalue weighted by Crippen LogP contribution is 2.68. The Balaban J connectivity index is 1.18. The number of hydrogen-bond donors (Lipinski definition) is 6.